The van der Waals surface area contributed by atoms with E-state index in [4.69, 9.17) is 4.74 Å². The van der Waals surface area contributed by atoms with E-state index < -0.39 is 0 Å². The summed E-state index contributed by atoms with van der Waals surface area (Å²) in [4.78, 5) is 11.5. The molecule has 31 heavy (non-hydrogen) atoms. The molecule has 0 aromatic rings. The Kier molecular flexibility index (Phi) is 6.50. The van der Waals surface area contributed by atoms with Gasteiger partial charge < -0.3 is 4.74 Å². The third-order valence-corrected chi connectivity index (χ3v) is 10.3. The molecule has 8 atom stereocenters. The number of carbonyl (C=O) groups is 1. The first-order chi connectivity index (χ1) is 14.6. The molecule has 0 radical (unpaired) electrons. The Bertz CT molecular complexity index is 744. The summed E-state index contributed by atoms with van der Waals surface area (Å²) in [6.07, 6.45) is 17.9. The fraction of sp³-hybridized carbons (Fsp3) is 0.828. The van der Waals surface area contributed by atoms with E-state index in [1.165, 1.54) is 56.9 Å². The van der Waals surface area contributed by atoms with Crippen LogP contribution in [0.5, 0.6) is 0 Å². The number of fused-ring (bicyclic) bond motifs is 5. The Morgan fingerprint density at radius 1 is 1.13 bits per heavy atom. The Morgan fingerprint density at radius 3 is 2.61 bits per heavy atom. The van der Waals surface area contributed by atoms with E-state index in [0.29, 0.717) is 10.8 Å². The largest absolute Gasteiger partial charge is 0.462 e. The van der Waals surface area contributed by atoms with Crippen molar-refractivity contribution in [3.05, 3.63) is 23.3 Å². The summed E-state index contributed by atoms with van der Waals surface area (Å²) in [6.45, 7) is 13.8. The maximum Gasteiger partial charge on any atom is 0.302 e. The lowest BCUT2D eigenvalue weighted by Gasteiger charge is -2.58. The molecule has 3 saturated carbocycles. The van der Waals surface area contributed by atoms with Gasteiger partial charge >= 0.3 is 5.97 Å². The van der Waals surface area contributed by atoms with E-state index in [-0.39, 0.29) is 12.1 Å². The zero-order valence-corrected chi connectivity index (χ0v) is 21.0. The Balaban J connectivity index is 1.48. The van der Waals surface area contributed by atoms with Gasteiger partial charge in [-0.25, -0.2) is 0 Å². The number of allylic oxidation sites excluding steroid dienone is 3. The standard InChI is InChI=1S/C29H46O2/c1-19(2)8-7-9-20(3)25-12-13-26-24-11-10-22-18-23(31-21(4)30)14-16-28(22,5)27(24)15-17-29(25,26)6/h8,10,20,23-27H,7,9,11-18H2,1-6H3/t20-,23-,24+,25-,26+,27-,28-,29+/m0/s1. The number of esters is 1. The molecule has 4 aliphatic rings. The van der Waals surface area contributed by atoms with E-state index in [1.54, 1.807) is 12.5 Å². The predicted molar refractivity (Wildman–Crippen MR) is 129 cm³/mol. The van der Waals surface area contributed by atoms with Crippen LogP contribution in [0.2, 0.25) is 0 Å². The van der Waals surface area contributed by atoms with Crippen LogP contribution in [0.4, 0.5) is 0 Å². The Hall–Kier alpha value is -1.05. The van der Waals surface area contributed by atoms with Crippen LogP contribution in [-0.2, 0) is 9.53 Å². The average Bonchev–Trinajstić information content (AvgIpc) is 3.05. The summed E-state index contributed by atoms with van der Waals surface area (Å²) in [5.41, 5.74) is 3.96. The van der Waals surface area contributed by atoms with Crippen LogP contribution in [0.3, 0.4) is 0 Å². The van der Waals surface area contributed by atoms with E-state index in [0.717, 1.165) is 42.4 Å². The monoisotopic (exact) mass is 426 g/mol. The van der Waals surface area contributed by atoms with Crippen molar-refractivity contribution in [2.24, 2.45) is 40.4 Å². The van der Waals surface area contributed by atoms with E-state index in [2.05, 4.69) is 46.8 Å². The highest BCUT2D eigenvalue weighted by atomic mass is 16.5. The maximum absolute atomic E-state index is 11.5. The van der Waals surface area contributed by atoms with Gasteiger partial charge in [0.25, 0.3) is 0 Å². The summed E-state index contributed by atoms with van der Waals surface area (Å²) < 4.78 is 5.61. The SMILES string of the molecule is CC(=O)O[C@H]1CC[C@@]2(C)C(=CC[C@@H]3[C@H]4CC[C@@H]([C@@H](C)CCC=C(C)C)[C@@]4(C)CC[C@@H]32)C1. The lowest BCUT2D eigenvalue weighted by molar-refractivity contribution is -0.148. The van der Waals surface area contributed by atoms with Crippen LogP contribution in [-0.4, -0.2) is 12.1 Å². The fourth-order valence-electron chi connectivity index (χ4n) is 8.77. The molecule has 0 aliphatic heterocycles. The summed E-state index contributed by atoms with van der Waals surface area (Å²) in [5.74, 6) is 4.24. The highest BCUT2D eigenvalue weighted by molar-refractivity contribution is 5.66. The first kappa shape index (κ1) is 23.1. The van der Waals surface area contributed by atoms with Crippen LogP contribution in [0.15, 0.2) is 23.3 Å². The van der Waals surface area contributed by atoms with Gasteiger partial charge in [-0.15, -0.1) is 0 Å². The molecular weight excluding hydrogens is 380 g/mol. The molecule has 2 nitrogen and oxygen atoms in total. The minimum absolute atomic E-state index is 0.111. The summed E-state index contributed by atoms with van der Waals surface area (Å²) >= 11 is 0. The minimum Gasteiger partial charge on any atom is -0.462 e. The molecule has 0 unspecified atom stereocenters. The lowest BCUT2D eigenvalue weighted by atomic mass is 9.47. The molecule has 0 aromatic heterocycles. The van der Waals surface area contributed by atoms with Gasteiger partial charge in [0.05, 0.1) is 0 Å². The fourth-order valence-corrected chi connectivity index (χ4v) is 8.77. The molecule has 4 aliphatic carbocycles. The first-order valence-corrected chi connectivity index (χ1v) is 13.1. The van der Waals surface area contributed by atoms with Gasteiger partial charge in [-0.2, -0.15) is 0 Å². The van der Waals surface area contributed by atoms with Gasteiger partial charge in [-0.3, -0.25) is 4.79 Å². The van der Waals surface area contributed by atoms with Crippen molar-refractivity contribution in [1.82, 2.24) is 0 Å². The molecule has 0 aromatic carbocycles. The summed E-state index contributed by atoms with van der Waals surface area (Å²) in [7, 11) is 0. The van der Waals surface area contributed by atoms with Crippen LogP contribution >= 0.6 is 0 Å². The van der Waals surface area contributed by atoms with E-state index in [9.17, 15) is 4.79 Å². The third kappa shape index (κ3) is 4.18. The van der Waals surface area contributed by atoms with Crippen LogP contribution in [0.1, 0.15) is 106 Å². The zero-order valence-electron chi connectivity index (χ0n) is 21.0. The molecule has 0 spiro atoms. The number of carbonyl (C=O) groups excluding carboxylic acids is 1. The van der Waals surface area contributed by atoms with Crippen molar-refractivity contribution in [2.45, 2.75) is 112 Å². The summed E-state index contributed by atoms with van der Waals surface area (Å²) in [6, 6.07) is 0. The van der Waals surface area contributed by atoms with Crippen molar-refractivity contribution in [2.75, 3.05) is 0 Å². The molecule has 2 heteroatoms. The second-order valence-corrected chi connectivity index (χ2v) is 12.3. The smallest absolute Gasteiger partial charge is 0.302 e. The maximum atomic E-state index is 11.5. The zero-order chi connectivity index (χ0) is 22.4. The predicted octanol–water partition coefficient (Wildman–Crippen LogP) is 7.88. The molecular formula is C29H46O2. The van der Waals surface area contributed by atoms with Gasteiger partial charge in [0.2, 0.25) is 0 Å². The number of rotatable bonds is 5. The summed E-state index contributed by atoms with van der Waals surface area (Å²) in [5, 5.41) is 0. The van der Waals surface area contributed by atoms with Crippen molar-refractivity contribution in [3.8, 4) is 0 Å². The third-order valence-electron chi connectivity index (χ3n) is 10.3. The minimum atomic E-state index is -0.118. The van der Waals surface area contributed by atoms with Crippen LogP contribution in [0.25, 0.3) is 0 Å². The van der Waals surface area contributed by atoms with Crippen molar-refractivity contribution < 1.29 is 9.53 Å². The van der Waals surface area contributed by atoms with Gasteiger partial charge in [0.15, 0.2) is 0 Å². The molecule has 3 fully saturated rings. The second-order valence-electron chi connectivity index (χ2n) is 12.3. The van der Waals surface area contributed by atoms with Crippen LogP contribution in [0, 0.1) is 40.4 Å². The quantitative estimate of drug-likeness (QED) is 0.330. The molecule has 0 N–H and O–H groups in total. The van der Waals surface area contributed by atoms with Crippen molar-refractivity contribution in [1.29, 1.82) is 0 Å². The second kappa shape index (κ2) is 8.71. The molecule has 0 heterocycles. The topological polar surface area (TPSA) is 26.3 Å². The number of ether oxygens (including phenoxy) is 1. The highest BCUT2D eigenvalue weighted by Gasteiger charge is 2.59. The number of hydrogen-bond acceptors (Lipinski definition) is 2. The van der Waals surface area contributed by atoms with Gasteiger partial charge in [-0.05, 0) is 112 Å². The number of hydrogen-bond donors (Lipinski definition) is 0. The average molecular weight is 427 g/mol. The van der Waals surface area contributed by atoms with E-state index in [1.807, 2.05) is 0 Å². The lowest BCUT2D eigenvalue weighted by Crippen LogP contribution is -2.51. The Morgan fingerprint density at radius 2 is 1.90 bits per heavy atom. The van der Waals surface area contributed by atoms with Crippen molar-refractivity contribution in [3.63, 3.8) is 0 Å². The first-order valence-electron chi connectivity index (χ1n) is 13.1. The van der Waals surface area contributed by atoms with Gasteiger partial charge in [0, 0.05) is 13.3 Å². The molecule has 0 amide bonds. The highest BCUT2D eigenvalue weighted by Crippen LogP contribution is 2.67. The van der Waals surface area contributed by atoms with Crippen LogP contribution < -0.4 is 0 Å². The van der Waals surface area contributed by atoms with Crippen molar-refractivity contribution >= 4 is 5.97 Å². The normalized spacial score (nSPS) is 42.5. The molecule has 4 rings (SSSR count). The molecule has 174 valence electrons. The van der Waals surface area contributed by atoms with Gasteiger partial charge in [-0.1, -0.05) is 44.1 Å². The van der Waals surface area contributed by atoms with Gasteiger partial charge in [0.1, 0.15) is 6.10 Å². The molecule has 0 saturated heterocycles. The molecule has 0 bridgehead atoms. The van der Waals surface area contributed by atoms with E-state index >= 15 is 0 Å². The Labute approximate surface area is 191 Å².